The van der Waals surface area contributed by atoms with Gasteiger partial charge in [0.15, 0.2) is 0 Å². The highest BCUT2D eigenvalue weighted by molar-refractivity contribution is 5.98. The summed E-state index contributed by atoms with van der Waals surface area (Å²) in [5.41, 5.74) is 5.78. The lowest BCUT2D eigenvalue weighted by molar-refractivity contribution is -0.140. The maximum Gasteiger partial charge on any atom is 0.407 e. The molecule has 0 radical (unpaired) electrons. The van der Waals surface area contributed by atoms with Crippen molar-refractivity contribution in [3.63, 3.8) is 0 Å². The van der Waals surface area contributed by atoms with Crippen molar-refractivity contribution in [2.45, 2.75) is 76.2 Å². The molecule has 5 heterocycles. The van der Waals surface area contributed by atoms with Crippen LogP contribution in [0.3, 0.4) is 0 Å². The summed E-state index contributed by atoms with van der Waals surface area (Å²) in [6.07, 6.45) is 4.73. The molecule has 5 atom stereocenters. The first kappa shape index (κ1) is 42.3. The van der Waals surface area contributed by atoms with Crippen LogP contribution in [0.1, 0.15) is 81.5 Å². The Morgan fingerprint density at radius 1 is 0.857 bits per heavy atom. The number of aromatic nitrogens is 2. The Bertz CT molecular complexity index is 2480. The Balaban J connectivity index is 0.857. The molecule has 328 valence electrons. The quantitative estimate of drug-likeness (QED) is 0.125. The first-order valence-electron chi connectivity index (χ1n) is 22.5. The van der Waals surface area contributed by atoms with E-state index in [1.807, 2.05) is 48.0 Å². The van der Waals surface area contributed by atoms with Crippen LogP contribution in [0.2, 0.25) is 0 Å². The number of amidine groups is 1. The van der Waals surface area contributed by atoms with Gasteiger partial charge < -0.3 is 34.9 Å². The van der Waals surface area contributed by atoms with Crippen LogP contribution >= 0.6 is 0 Å². The van der Waals surface area contributed by atoms with Crippen LogP contribution in [0, 0.1) is 5.92 Å². The van der Waals surface area contributed by atoms with E-state index in [1.165, 1.54) is 7.11 Å². The van der Waals surface area contributed by atoms with Crippen molar-refractivity contribution in [1.29, 1.82) is 0 Å². The molecule has 3 amide bonds. The van der Waals surface area contributed by atoms with Gasteiger partial charge in [0.25, 0.3) is 0 Å². The Hall–Kier alpha value is -6.05. The molecule has 0 aliphatic carbocycles. The summed E-state index contributed by atoms with van der Waals surface area (Å²) in [6.45, 7) is 10.5. The topological polar surface area (TPSA) is 144 Å². The molecular weight excluding hydrogens is 793 g/mol. The number of carbonyl (C=O) groups excluding carboxylic acids is 3. The minimum absolute atomic E-state index is 0.0124. The maximum absolute atomic E-state index is 14.4. The number of nitrogens with zero attached hydrogens (tertiary/aromatic N) is 5. The second-order valence-electron chi connectivity index (χ2n) is 17.8. The van der Waals surface area contributed by atoms with Crippen molar-refractivity contribution in [3.8, 4) is 22.4 Å². The highest BCUT2D eigenvalue weighted by Gasteiger charge is 2.48. The number of H-pyrrole nitrogens is 1. The lowest BCUT2D eigenvalue weighted by Gasteiger charge is -2.38. The van der Waals surface area contributed by atoms with E-state index >= 15 is 0 Å². The lowest BCUT2D eigenvalue weighted by atomic mass is 9.94. The first-order chi connectivity index (χ1) is 30.6. The molecule has 0 saturated carbocycles. The van der Waals surface area contributed by atoms with Crippen LogP contribution in [0.15, 0.2) is 102 Å². The van der Waals surface area contributed by atoms with Gasteiger partial charge in [0, 0.05) is 26.2 Å². The van der Waals surface area contributed by atoms with Crippen LogP contribution in [-0.2, 0) is 19.1 Å². The fraction of sp³-hybridized carbons (Fsp3) is 0.420. The molecule has 0 spiro atoms. The van der Waals surface area contributed by atoms with Gasteiger partial charge in [0.2, 0.25) is 11.8 Å². The number of ether oxygens (including phenoxy) is 2. The number of likely N-dealkylation sites (tertiary alicyclic amines) is 2. The Morgan fingerprint density at radius 2 is 1.59 bits per heavy atom. The Morgan fingerprint density at radius 3 is 2.35 bits per heavy atom. The van der Waals surface area contributed by atoms with E-state index in [0.29, 0.717) is 32.8 Å². The van der Waals surface area contributed by atoms with Gasteiger partial charge in [-0.1, -0.05) is 92.7 Å². The van der Waals surface area contributed by atoms with Crippen LogP contribution < -0.4 is 10.6 Å². The Labute approximate surface area is 369 Å². The molecular formula is C50H58N8O5. The molecule has 4 aliphatic heterocycles. The standard InChI is InChI=1S/C50H58N8O5/c1-32(2)43(55-49(61)62-4)46(59)58-23-9-21-50(58,3)48-52-31-41(54-48)39-20-19-37-28-36(17-18-38(37)29-39)33-13-15-34(16-14-33)40-30-51-45(53-40)42-12-8-22-57(42)47(60)44(35-10-6-5-7-11-35)56-24-26-63-27-25-56/h5-7,10-11,13-20,28-30,32,41-44H,8-9,12,21-27,31H2,1-4H3,(H,51,53)(H,52,54)(H,55,61)/t41?,42-,43-,44?,50-/m0/s1. The maximum atomic E-state index is 14.4. The summed E-state index contributed by atoms with van der Waals surface area (Å²) >= 11 is 0. The third kappa shape index (κ3) is 8.43. The SMILES string of the molecule is COC(=O)N[C@H](C(=O)N1CCC[C@@]1(C)C1=NCC(c2ccc3cc(-c4ccc(-c5cnc([C@@H]6CCCN6C(=O)C(c6ccccc6)N6CCOCC6)[nH]5)cc4)ccc3c2)N1)C(C)C. The molecule has 63 heavy (non-hydrogen) atoms. The highest BCUT2D eigenvalue weighted by atomic mass is 16.5. The van der Waals surface area contributed by atoms with Crippen molar-refractivity contribution in [2.24, 2.45) is 10.9 Å². The first-order valence-corrected chi connectivity index (χ1v) is 22.5. The van der Waals surface area contributed by atoms with E-state index < -0.39 is 17.7 Å². The number of aromatic amines is 1. The number of aliphatic imine (C=N–C) groups is 1. The normalized spacial score (nSPS) is 22.5. The number of hydrogen-bond donors (Lipinski definition) is 3. The second-order valence-corrected chi connectivity index (χ2v) is 17.8. The zero-order valence-electron chi connectivity index (χ0n) is 36.7. The van der Waals surface area contributed by atoms with Gasteiger partial charge in [-0.2, -0.15) is 0 Å². The zero-order chi connectivity index (χ0) is 43.7. The van der Waals surface area contributed by atoms with E-state index in [0.717, 1.165) is 94.7 Å². The summed E-state index contributed by atoms with van der Waals surface area (Å²) in [5, 5.41) is 8.71. The average molecular weight is 851 g/mol. The molecule has 3 saturated heterocycles. The molecule has 5 aromatic rings. The zero-order valence-corrected chi connectivity index (χ0v) is 36.7. The fourth-order valence-corrected chi connectivity index (χ4v) is 9.99. The number of imidazole rings is 1. The molecule has 0 bridgehead atoms. The van der Waals surface area contributed by atoms with Crippen molar-refractivity contribution < 1.29 is 23.9 Å². The minimum atomic E-state index is -0.686. The predicted molar refractivity (Wildman–Crippen MR) is 244 cm³/mol. The molecule has 1 aromatic heterocycles. The number of nitrogens with one attached hydrogen (secondary N) is 3. The number of morpholine rings is 1. The number of fused-ring (bicyclic) bond motifs is 1. The van der Waals surface area contributed by atoms with Gasteiger partial charge in [-0.05, 0) is 89.2 Å². The predicted octanol–water partition coefficient (Wildman–Crippen LogP) is 7.44. The number of amides is 3. The molecule has 2 unspecified atom stereocenters. The smallest absolute Gasteiger partial charge is 0.407 e. The van der Waals surface area contributed by atoms with Gasteiger partial charge >= 0.3 is 6.09 Å². The van der Waals surface area contributed by atoms with Crippen molar-refractivity contribution in [2.75, 3.05) is 53.0 Å². The largest absolute Gasteiger partial charge is 0.453 e. The van der Waals surface area contributed by atoms with Gasteiger partial charge in [0.1, 0.15) is 23.7 Å². The third-order valence-corrected chi connectivity index (χ3v) is 13.6. The van der Waals surface area contributed by atoms with E-state index in [2.05, 4.69) is 100 Å². The minimum Gasteiger partial charge on any atom is -0.453 e. The number of methoxy groups -OCH3 is 1. The summed E-state index contributed by atoms with van der Waals surface area (Å²) in [7, 11) is 1.31. The molecule has 3 fully saturated rings. The second kappa shape index (κ2) is 18.0. The number of carbonyl (C=O) groups is 3. The lowest BCUT2D eigenvalue weighted by Crippen LogP contribution is -2.60. The van der Waals surface area contributed by atoms with Gasteiger partial charge in [-0.25, -0.2) is 9.78 Å². The summed E-state index contributed by atoms with van der Waals surface area (Å²) in [4.78, 5) is 59.8. The molecule has 3 N–H and O–H groups in total. The van der Waals surface area contributed by atoms with E-state index in [1.54, 1.807) is 0 Å². The van der Waals surface area contributed by atoms with Gasteiger partial charge in [-0.15, -0.1) is 0 Å². The van der Waals surface area contributed by atoms with Gasteiger partial charge in [0.05, 0.1) is 56.4 Å². The van der Waals surface area contributed by atoms with Crippen LogP contribution in [0.4, 0.5) is 4.79 Å². The third-order valence-electron chi connectivity index (χ3n) is 13.6. The number of benzene rings is 4. The fourth-order valence-electron chi connectivity index (χ4n) is 9.99. The molecule has 13 nitrogen and oxygen atoms in total. The van der Waals surface area contributed by atoms with Crippen LogP contribution in [0.25, 0.3) is 33.2 Å². The number of rotatable bonds is 11. The summed E-state index contributed by atoms with van der Waals surface area (Å²) in [6, 6.07) is 30.7. The monoisotopic (exact) mass is 850 g/mol. The van der Waals surface area contributed by atoms with Crippen LogP contribution in [0.5, 0.6) is 0 Å². The van der Waals surface area contributed by atoms with E-state index in [-0.39, 0.29) is 35.9 Å². The molecule has 13 heteroatoms. The number of alkyl carbamates (subject to hydrolysis) is 1. The molecule has 4 aromatic carbocycles. The highest BCUT2D eigenvalue weighted by Crippen LogP contribution is 2.38. The van der Waals surface area contributed by atoms with Crippen molar-refractivity contribution in [3.05, 3.63) is 114 Å². The summed E-state index contributed by atoms with van der Waals surface area (Å²) < 4.78 is 10.4. The molecule has 4 aliphatic rings. The van der Waals surface area contributed by atoms with Crippen LogP contribution in [-0.4, -0.2) is 113 Å². The van der Waals surface area contributed by atoms with E-state index in [4.69, 9.17) is 19.5 Å². The Kier molecular flexibility index (Phi) is 12.1. The summed E-state index contributed by atoms with van der Waals surface area (Å²) in [5.74, 6) is 1.55. The number of hydrogen-bond acceptors (Lipinski definition) is 9. The van der Waals surface area contributed by atoms with Gasteiger partial charge in [-0.3, -0.25) is 19.5 Å². The molecule has 9 rings (SSSR count). The van der Waals surface area contributed by atoms with E-state index in [9.17, 15) is 14.4 Å². The average Bonchev–Trinajstić information content (AvgIpc) is 4.16. The van der Waals surface area contributed by atoms with Crippen molar-refractivity contribution >= 4 is 34.5 Å². The van der Waals surface area contributed by atoms with Crippen molar-refractivity contribution in [1.82, 2.24) is 35.3 Å².